The number of phosphoric ester groups is 1. The molecule has 0 saturated heterocycles. The van der Waals surface area contributed by atoms with Gasteiger partial charge in [-0.3, -0.25) is 9.05 Å². The zero-order chi connectivity index (χ0) is 5.91. The summed E-state index contributed by atoms with van der Waals surface area (Å²) in [5.74, 6) is 0. The first kappa shape index (κ1) is 67.0. The van der Waals surface area contributed by atoms with Crippen LogP contribution in [0.3, 0.4) is 0 Å². The first-order chi connectivity index (χ1) is 3.12. The van der Waals surface area contributed by atoms with E-state index < -0.39 is 7.82 Å². The van der Waals surface area contributed by atoms with Gasteiger partial charge in [0.2, 0.25) is 0 Å². The number of phosphoric acid groups is 1. The molecule has 0 aromatic carbocycles. The van der Waals surface area contributed by atoms with Gasteiger partial charge >= 0.3 is 7.82 Å². The van der Waals surface area contributed by atoms with Crippen LogP contribution in [0.1, 0.15) is 0 Å². The Balaban J connectivity index is -0.00000000857. The summed E-state index contributed by atoms with van der Waals surface area (Å²) in [4.78, 5) is 8.24. The van der Waals surface area contributed by atoms with Crippen molar-refractivity contribution < 1.29 is 56.8 Å². The monoisotopic (exact) mass is 252 g/mol. The van der Waals surface area contributed by atoms with Gasteiger partial charge in [-0.05, 0) is 0 Å². The Morgan fingerprint density at radius 1 is 0.786 bits per heavy atom. The van der Waals surface area contributed by atoms with Crippen LogP contribution >= 0.6 is 7.82 Å². The van der Waals surface area contributed by atoms with Gasteiger partial charge in [-0.1, -0.05) is 0 Å². The standard InChI is InChI=1S/C2H7O4P.7H2O/c1-5-7(3,4)6-2;;;;;;;/h1-2H3,(H,3,4);7*1H2. The van der Waals surface area contributed by atoms with Gasteiger partial charge in [-0.2, -0.15) is 0 Å². The molecule has 0 amide bonds. The van der Waals surface area contributed by atoms with Crippen molar-refractivity contribution in [1.29, 1.82) is 0 Å². The Morgan fingerprint density at radius 2 is 0.929 bits per heavy atom. The van der Waals surface area contributed by atoms with Crippen LogP contribution in [0.5, 0.6) is 0 Å². The Bertz CT molecular complexity index is 85.3. The highest BCUT2D eigenvalue weighted by molar-refractivity contribution is 7.47. The van der Waals surface area contributed by atoms with Gasteiger partial charge in [0.15, 0.2) is 0 Å². The van der Waals surface area contributed by atoms with E-state index in [1.807, 2.05) is 0 Å². The SMILES string of the molecule is COP(=O)(O)OC.O.O.O.O.O.O.O. The molecule has 11 nitrogen and oxygen atoms in total. The quantitative estimate of drug-likeness (QED) is 0.470. The molecule has 0 unspecified atom stereocenters. The van der Waals surface area contributed by atoms with E-state index in [4.69, 9.17) is 4.89 Å². The van der Waals surface area contributed by atoms with Gasteiger partial charge in [0.1, 0.15) is 0 Å². The van der Waals surface area contributed by atoms with Crippen molar-refractivity contribution in [1.82, 2.24) is 0 Å². The van der Waals surface area contributed by atoms with Crippen molar-refractivity contribution in [3.63, 3.8) is 0 Å². The van der Waals surface area contributed by atoms with E-state index in [0.29, 0.717) is 0 Å². The van der Waals surface area contributed by atoms with E-state index in [1.54, 1.807) is 0 Å². The fourth-order valence-corrected chi connectivity index (χ4v) is 0.224. The number of hydrogen-bond acceptors (Lipinski definition) is 3. The summed E-state index contributed by atoms with van der Waals surface area (Å²) in [5, 5.41) is 0. The second-order valence-corrected chi connectivity index (χ2v) is 2.50. The minimum absolute atomic E-state index is 0. The van der Waals surface area contributed by atoms with Crippen LogP contribution in [0.2, 0.25) is 0 Å². The minimum atomic E-state index is -3.65. The van der Waals surface area contributed by atoms with Crippen LogP contribution in [-0.2, 0) is 13.6 Å². The first-order valence-electron chi connectivity index (χ1n) is 1.56. The number of rotatable bonds is 2. The van der Waals surface area contributed by atoms with Crippen molar-refractivity contribution >= 4 is 7.82 Å². The van der Waals surface area contributed by atoms with E-state index in [9.17, 15) is 4.57 Å². The van der Waals surface area contributed by atoms with Crippen LogP contribution in [0, 0.1) is 0 Å². The molecule has 12 heteroatoms. The van der Waals surface area contributed by atoms with E-state index in [0.717, 1.165) is 14.2 Å². The third-order valence-electron chi connectivity index (χ3n) is 0.461. The third kappa shape index (κ3) is 40.8. The maximum Gasteiger partial charge on any atom is 0.471 e. The summed E-state index contributed by atoms with van der Waals surface area (Å²) >= 11 is 0. The lowest BCUT2D eigenvalue weighted by Gasteiger charge is -2.01. The molecule has 0 aromatic heterocycles. The summed E-state index contributed by atoms with van der Waals surface area (Å²) < 4.78 is 18.0. The predicted octanol–water partition coefficient (Wildman–Crippen LogP) is -5.39. The van der Waals surface area contributed by atoms with Crippen LogP contribution in [-0.4, -0.2) is 57.4 Å². The van der Waals surface area contributed by atoms with Gasteiger partial charge in [0, 0.05) is 14.2 Å². The van der Waals surface area contributed by atoms with Crippen LogP contribution < -0.4 is 0 Å². The van der Waals surface area contributed by atoms with Gasteiger partial charge in [-0.15, -0.1) is 0 Å². The van der Waals surface area contributed by atoms with Crippen molar-refractivity contribution in [2.75, 3.05) is 14.2 Å². The smallest absolute Gasteiger partial charge is 0.412 e. The van der Waals surface area contributed by atoms with Gasteiger partial charge < -0.3 is 43.2 Å². The summed E-state index contributed by atoms with van der Waals surface area (Å²) in [6.07, 6.45) is 0. The molecular formula is C2H21O11P. The number of hydrogen-bond donors (Lipinski definition) is 1. The first-order valence-corrected chi connectivity index (χ1v) is 3.06. The van der Waals surface area contributed by atoms with Crippen LogP contribution in [0.4, 0.5) is 0 Å². The predicted molar refractivity (Wildman–Crippen MR) is 49.1 cm³/mol. The van der Waals surface area contributed by atoms with Crippen LogP contribution in [0.15, 0.2) is 0 Å². The van der Waals surface area contributed by atoms with Gasteiger partial charge in [0.05, 0.1) is 0 Å². The molecule has 0 aliphatic rings. The van der Waals surface area contributed by atoms with Crippen LogP contribution in [0.25, 0.3) is 0 Å². The molecule has 0 spiro atoms. The topological polar surface area (TPSA) is 276 Å². The Kier molecular flexibility index (Phi) is 140. The molecule has 0 heterocycles. The lowest BCUT2D eigenvalue weighted by Crippen LogP contribution is -1.83. The van der Waals surface area contributed by atoms with E-state index >= 15 is 0 Å². The second-order valence-electron chi connectivity index (χ2n) is 0.834. The average Bonchev–Trinajstić information content (AvgIpc) is 1.68. The van der Waals surface area contributed by atoms with Crippen molar-refractivity contribution in [3.05, 3.63) is 0 Å². The maximum atomic E-state index is 10.1. The molecule has 0 aliphatic heterocycles. The largest absolute Gasteiger partial charge is 0.471 e. The third-order valence-corrected chi connectivity index (χ3v) is 1.38. The van der Waals surface area contributed by atoms with Crippen molar-refractivity contribution in [3.8, 4) is 0 Å². The van der Waals surface area contributed by atoms with E-state index in [2.05, 4.69) is 9.05 Å². The summed E-state index contributed by atoms with van der Waals surface area (Å²) in [5.41, 5.74) is 0. The molecule has 0 fully saturated rings. The molecule has 0 rings (SSSR count). The Hall–Kier alpha value is -0.170. The van der Waals surface area contributed by atoms with Crippen molar-refractivity contribution in [2.45, 2.75) is 0 Å². The van der Waals surface area contributed by atoms with E-state index in [1.165, 1.54) is 0 Å². The summed E-state index contributed by atoms with van der Waals surface area (Å²) in [6.45, 7) is 0. The second kappa shape index (κ2) is 29.3. The minimum Gasteiger partial charge on any atom is -0.412 e. The molecule has 15 N–H and O–H groups in total. The molecule has 0 bridgehead atoms. The zero-order valence-corrected chi connectivity index (χ0v) is 8.51. The normalized spacial score (nSPS) is 5.93. The average molecular weight is 252 g/mol. The molecule has 0 atom stereocenters. The molecule has 14 heavy (non-hydrogen) atoms. The fourth-order valence-electron chi connectivity index (χ4n) is 0.0745. The van der Waals surface area contributed by atoms with Crippen molar-refractivity contribution in [2.24, 2.45) is 0 Å². The summed E-state index contributed by atoms with van der Waals surface area (Å²) in [6, 6.07) is 0. The fraction of sp³-hybridized carbons (Fsp3) is 1.00. The van der Waals surface area contributed by atoms with Gasteiger partial charge in [0.25, 0.3) is 0 Å². The van der Waals surface area contributed by atoms with Gasteiger partial charge in [-0.25, -0.2) is 4.57 Å². The molecule has 100 valence electrons. The maximum absolute atomic E-state index is 10.1. The summed E-state index contributed by atoms with van der Waals surface area (Å²) in [7, 11) is -1.45. The van der Waals surface area contributed by atoms with E-state index in [-0.39, 0.29) is 38.3 Å². The Morgan fingerprint density at radius 3 is 0.929 bits per heavy atom. The zero-order valence-electron chi connectivity index (χ0n) is 7.62. The highest BCUT2D eigenvalue weighted by Crippen LogP contribution is 2.40. The molecule has 0 radical (unpaired) electrons. The molecule has 0 aliphatic carbocycles. The molecule has 0 aromatic rings. The highest BCUT2D eigenvalue weighted by Gasteiger charge is 2.13. The lowest BCUT2D eigenvalue weighted by molar-refractivity contribution is 0.204. The highest BCUT2D eigenvalue weighted by atomic mass is 31.2. The lowest BCUT2D eigenvalue weighted by atomic mass is 11.8. The molecule has 0 saturated carbocycles. The molecular weight excluding hydrogens is 231 g/mol. The Labute approximate surface area is 80.0 Å².